The fraction of sp³-hybridized carbons (Fsp3) is 0.368. The maximum atomic E-state index is 12.5. The predicted octanol–water partition coefficient (Wildman–Crippen LogP) is 3.71. The molecule has 2 amide bonds. The second-order valence-corrected chi connectivity index (χ2v) is 6.87. The smallest absolute Gasteiger partial charge is 0.258 e. The Morgan fingerprint density at radius 3 is 2.62 bits per heavy atom. The second-order valence-electron chi connectivity index (χ2n) is 6.46. The van der Waals surface area contributed by atoms with Gasteiger partial charge >= 0.3 is 0 Å². The van der Waals surface area contributed by atoms with Crippen LogP contribution in [0.25, 0.3) is 0 Å². The molecule has 0 unspecified atom stereocenters. The van der Waals surface area contributed by atoms with Crippen LogP contribution in [0.2, 0.25) is 5.02 Å². The van der Waals surface area contributed by atoms with E-state index < -0.39 is 0 Å². The Hall–Kier alpha value is -2.31. The molecule has 1 heterocycles. The van der Waals surface area contributed by atoms with Gasteiger partial charge in [0.05, 0.1) is 22.7 Å². The third-order valence-electron chi connectivity index (χ3n) is 4.53. The predicted molar refractivity (Wildman–Crippen MR) is 100 cm³/mol. The maximum absolute atomic E-state index is 12.5. The SMILES string of the molecule is NCc1cc(C(=O)Nc2ccc(Cl)c(C(=O)NC3CCCCC3)c2)co1. The average Bonchev–Trinajstić information content (AvgIpc) is 3.13. The summed E-state index contributed by atoms with van der Waals surface area (Å²) in [7, 11) is 0. The molecule has 138 valence electrons. The van der Waals surface area contributed by atoms with Crippen molar-refractivity contribution in [3.8, 4) is 0 Å². The van der Waals surface area contributed by atoms with Crippen LogP contribution >= 0.6 is 11.6 Å². The first kappa shape index (κ1) is 18.5. The molecule has 1 aromatic carbocycles. The molecule has 0 saturated heterocycles. The van der Waals surface area contributed by atoms with E-state index in [0.717, 1.165) is 25.7 Å². The Balaban J connectivity index is 1.70. The molecular formula is C19H22ClN3O3. The number of hydrogen-bond acceptors (Lipinski definition) is 4. The molecule has 4 N–H and O–H groups in total. The molecular weight excluding hydrogens is 354 g/mol. The molecule has 3 rings (SSSR count). The van der Waals surface area contributed by atoms with Crippen molar-refractivity contribution < 1.29 is 14.0 Å². The van der Waals surface area contributed by atoms with E-state index in [1.165, 1.54) is 12.7 Å². The zero-order valence-corrected chi connectivity index (χ0v) is 15.1. The normalized spacial score (nSPS) is 14.8. The standard InChI is InChI=1S/C19H22ClN3O3/c20-17-7-6-14(23-18(24)12-8-15(10-21)26-11-12)9-16(17)19(25)22-13-4-2-1-3-5-13/h6-9,11,13H,1-5,10,21H2,(H,22,25)(H,23,24). The van der Waals surface area contributed by atoms with Crippen molar-refractivity contribution in [3.63, 3.8) is 0 Å². The average molecular weight is 376 g/mol. The summed E-state index contributed by atoms with van der Waals surface area (Å²) >= 11 is 6.18. The molecule has 0 atom stereocenters. The number of rotatable bonds is 5. The van der Waals surface area contributed by atoms with Crippen molar-refractivity contribution in [2.75, 3.05) is 5.32 Å². The molecule has 1 aliphatic carbocycles. The molecule has 0 radical (unpaired) electrons. The summed E-state index contributed by atoms with van der Waals surface area (Å²) in [6.45, 7) is 0.222. The maximum Gasteiger partial charge on any atom is 0.258 e. The van der Waals surface area contributed by atoms with E-state index in [9.17, 15) is 9.59 Å². The highest BCUT2D eigenvalue weighted by Gasteiger charge is 2.19. The van der Waals surface area contributed by atoms with Crippen molar-refractivity contribution in [2.24, 2.45) is 5.73 Å². The highest BCUT2D eigenvalue weighted by molar-refractivity contribution is 6.34. The second kappa shape index (κ2) is 8.38. The van der Waals surface area contributed by atoms with Gasteiger partial charge < -0.3 is 20.8 Å². The largest absolute Gasteiger partial charge is 0.467 e. The molecule has 1 saturated carbocycles. The Morgan fingerprint density at radius 2 is 1.92 bits per heavy atom. The van der Waals surface area contributed by atoms with Gasteiger partial charge in [0.1, 0.15) is 12.0 Å². The summed E-state index contributed by atoms with van der Waals surface area (Å²) in [5.41, 5.74) is 6.69. The van der Waals surface area contributed by atoms with Gasteiger partial charge in [-0.3, -0.25) is 9.59 Å². The minimum atomic E-state index is -0.339. The van der Waals surface area contributed by atoms with Crippen molar-refractivity contribution in [1.29, 1.82) is 0 Å². The van der Waals surface area contributed by atoms with Crippen LogP contribution < -0.4 is 16.4 Å². The van der Waals surface area contributed by atoms with Gasteiger partial charge in [-0.25, -0.2) is 0 Å². The number of carbonyl (C=O) groups is 2. The topological polar surface area (TPSA) is 97.4 Å². The number of nitrogens with one attached hydrogen (secondary N) is 2. The lowest BCUT2D eigenvalue weighted by molar-refractivity contribution is 0.0926. The van der Waals surface area contributed by atoms with Crippen LogP contribution in [0.1, 0.15) is 58.6 Å². The molecule has 0 spiro atoms. The molecule has 0 aliphatic heterocycles. The van der Waals surface area contributed by atoms with E-state index >= 15 is 0 Å². The van der Waals surface area contributed by atoms with Gasteiger partial charge in [0.2, 0.25) is 0 Å². The van der Waals surface area contributed by atoms with E-state index in [1.54, 1.807) is 24.3 Å². The van der Waals surface area contributed by atoms with Gasteiger partial charge in [-0.2, -0.15) is 0 Å². The van der Waals surface area contributed by atoms with E-state index in [-0.39, 0.29) is 24.4 Å². The van der Waals surface area contributed by atoms with E-state index in [4.69, 9.17) is 21.8 Å². The van der Waals surface area contributed by atoms with Crippen LogP contribution in [-0.2, 0) is 6.54 Å². The Morgan fingerprint density at radius 1 is 1.15 bits per heavy atom. The van der Waals surface area contributed by atoms with Gasteiger partial charge in [0.15, 0.2) is 0 Å². The quantitative estimate of drug-likeness (QED) is 0.742. The minimum absolute atomic E-state index is 0.186. The first-order valence-corrected chi connectivity index (χ1v) is 9.14. The summed E-state index contributed by atoms with van der Waals surface area (Å²) in [5.74, 6) is -0.0278. The molecule has 0 bridgehead atoms. The van der Waals surface area contributed by atoms with Crippen molar-refractivity contribution >= 4 is 29.1 Å². The van der Waals surface area contributed by atoms with Crippen LogP contribution in [0.15, 0.2) is 34.9 Å². The van der Waals surface area contributed by atoms with Crippen molar-refractivity contribution in [3.05, 3.63) is 52.4 Å². The highest BCUT2D eigenvalue weighted by atomic mass is 35.5. The van der Waals surface area contributed by atoms with Gasteiger partial charge in [-0.05, 0) is 37.1 Å². The van der Waals surface area contributed by atoms with Crippen LogP contribution in [0, 0.1) is 0 Å². The molecule has 26 heavy (non-hydrogen) atoms. The number of hydrogen-bond donors (Lipinski definition) is 3. The fourth-order valence-corrected chi connectivity index (χ4v) is 3.30. The monoisotopic (exact) mass is 375 g/mol. The molecule has 1 fully saturated rings. The Bertz CT molecular complexity index is 797. The third-order valence-corrected chi connectivity index (χ3v) is 4.86. The first-order chi connectivity index (χ1) is 12.6. The van der Waals surface area contributed by atoms with Crippen LogP contribution in [0.4, 0.5) is 5.69 Å². The lowest BCUT2D eigenvalue weighted by atomic mass is 9.95. The zero-order valence-electron chi connectivity index (χ0n) is 14.4. The summed E-state index contributed by atoms with van der Waals surface area (Å²) in [5, 5.41) is 6.13. The molecule has 1 aromatic heterocycles. The molecule has 1 aliphatic rings. The number of carbonyl (C=O) groups excluding carboxylic acids is 2. The highest BCUT2D eigenvalue weighted by Crippen LogP contribution is 2.23. The fourth-order valence-electron chi connectivity index (χ4n) is 3.10. The summed E-state index contributed by atoms with van der Waals surface area (Å²) in [4.78, 5) is 24.8. The number of nitrogens with two attached hydrogens (primary N) is 1. The van der Waals surface area contributed by atoms with Crippen LogP contribution in [0.5, 0.6) is 0 Å². The molecule has 7 heteroatoms. The van der Waals surface area contributed by atoms with Crippen LogP contribution in [-0.4, -0.2) is 17.9 Å². The number of benzene rings is 1. The van der Waals surface area contributed by atoms with Crippen LogP contribution in [0.3, 0.4) is 0 Å². The third kappa shape index (κ3) is 4.45. The number of halogens is 1. The first-order valence-electron chi connectivity index (χ1n) is 8.76. The Labute approximate surface area is 157 Å². The molecule has 6 nitrogen and oxygen atoms in total. The van der Waals surface area contributed by atoms with E-state index in [0.29, 0.717) is 27.6 Å². The Kier molecular flexibility index (Phi) is 5.96. The lowest BCUT2D eigenvalue weighted by Gasteiger charge is -2.23. The summed E-state index contributed by atoms with van der Waals surface area (Å²) in [6.07, 6.45) is 6.81. The number of furan rings is 1. The lowest BCUT2D eigenvalue weighted by Crippen LogP contribution is -2.36. The van der Waals surface area contributed by atoms with Crippen molar-refractivity contribution in [1.82, 2.24) is 5.32 Å². The van der Waals surface area contributed by atoms with Gasteiger partial charge in [0.25, 0.3) is 11.8 Å². The van der Waals surface area contributed by atoms with Gasteiger partial charge in [0, 0.05) is 11.7 Å². The van der Waals surface area contributed by atoms with E-state index in [2.05, 4.69) is 10.6 Å². The zero-order chi connectivity index (χ0) is 18.5. The van der Waals surface area contributed by atoms with Crippen molar-refractivity contribution in [2.45, 2.75) is 44.7 Å². The van der Waals surface area contributed by atoms with Gasteiger partial charge in [-0.15, -0.1) is 0 Å². The number of amides is 2. The number of anilines is 1. The van der Waals surface area contributed by atoms with E-state index in [1.807, 2.05) is 0 Å². The molecule has 2 aromatic rings. The summed E-state index contributed by atoms with van der Waals surface area (Å²) in [6, 6.07) is 6.62. The summed E-state index contributed by atoms with van der Waals surface area (Å²) < 4.78 is 5.17. The van der Waals surface area contributed by atoms with Gasteiger partial charge in [-0.1, -0.05) is 30.9 Å². The minimum Gasteiger partial charge on any atom is -0.467 e.